The van der Waals surface area contributed by atoms with Crippen LogP contribution in [0.3, 0.4) is 0 Å². The molecule has 0 atom stereocenters. The highest BCUT2D eigenvalue weighted by Crippen LogP contribution is 2.29. The number of nitriles is 1. The number of rotatable bonds is 5. The third-order valence-electron chi connectivity index (χ3n) is 5.40. The summed E-state index contributed by atoms with van der Waals surface area (Å²) in [5.74, 6) is 0.407. The minimum absolute atomic E-state index is 0.0857. The number of H-pyrrole nitrogens is 1. The van der Waals surface area contributed by atoms with Crippen LogP contribution in [-0.2, 0) is 9.59 Å². The van der Waals surface area contributed by atoms with Crippen molar-refractivity contribution in [3.63, 3.8) is 0 Å². The van der Waals surface area contributed by atoms with E-state index in [9.17, 15) is 9.59 Å². The Morgan fingerprint density at radius 3 is 2.97 bits per heavy atom. The van der Waals surface area contributed by atoms with Gasteiger partial charge in [0.25, 0.3) is 0 Å². The second kappa shape index (κ2) is 9.31. The van der Waals surface area contributed by atoms with Crippen LogP contribution >= 0.6 is 0 Å². The molecule has 4 rings (SSSR count). The molecule has 0 spiro atoms. The number of aromatic nitrogens is 3. The third kappa shape index (κ3) is 4.44. The van der Waals surface area contributed by atoms with E-state index in [-0.39, 0.29) is 18.2 Å². The summed E-state index contributed by atoms with van der Waals surface area (Å²) in [7, 11) is 0. The summed E-state index contributed by atoms with van der Waals surface area (Å²) in [6.07, 6.45) is 5.38. The summed E-state index contributed by atoms with van der Waals surface area (Å²) >= 11 is 0. The Hall–Kier alpha value is -4.19. The zero-order valence-corrected chi connectivity index (χ0v) is 17.5. The molecule has 1 aliphatic rings. The minimum Gasteiger partial charge on any atom is -0.355 e. The summed E-state index contributed by atoms with van der Waals surface area (Å²) in [5, 5.41) is 12.4. The van der Waals surface area contributed by atoms with Crippen molar-refractivity contribution < 1.29 is 9.59 Å². The first-order valence-corrected chi connectivity index (χ1v) is 10.4. The van der Waals surface area contributed by atoms with Crippen LogP contribution in [-0.4, -0.2) is 57.8 Å². The van der Waals surface area contributed by atoms with E-state index in [0.717, 1.165) is 35.4 Å². The molecule has 3 aromatic heterocycles. The number of fused-ring (bicyclic) bond motifs is 1. The number of nitrogens with zero attached hydrogens (tertiary/aromatic N) is 5. The molecule has 0 aliphatic carbocycles. The van der Waals surface area contributed by atoms with Gasteiger partial charge in [0.2, 0.25) is 11.8 Å². The zero-order valence-electron chi connectivity index (χ0n) is 17.5. The number of anilines is 2. The first kappa shape index (κ1) is 21.1. The van der Waals surface area contributed by atoms with Gasteiger partial charge in [-0.05, 0) is 30.7 Å². The molecule has 9 heteroatoms. The van der Waals surface area contributed by atoms with Gasteiger partial charge in [0, 0.05) is 43.3 Å². The molecule has 4 heterocycles. The van der Waals surface area contributed by atoms with Crippen molar-refractivity contribution in [3.05, 3.63) is 49.3 Å². The molecule has 1 saturated heterocycles. The molecular weight excluding hydrogens is 406 g/mol. The van der Waals surface area contributed by atoms with E-state index < -0.39 is 0 Å². The first-order valence-electron chi connectivity index (χ1n) is 10.4. The molecule has 1 fully saturated rings. The minimum atomic E-state index is -0.299. The average Bonchev–Trinajstić information content (AvgIpc) is 3.06. The van der Waals surface area contributed by atoms with Crippen LogP contribution in [0.1, 0.15) is 12.8 Å². The Morgan fingerprint density at radius 2 is 2.16 bits per heavy atom. The normalized spacial score (nSPS) is 14.0. The third-order valence-corrected chi connectivity index (χ3v) is 5.40. The Kier molecular flexibility index (Phi) is 6.12. The van der Waals surface area contributed by atoms with Crippen LogP contribution in [0, 0.1) is 11.3 Å². The van der Waals surface area contributed by atoms with Crippen molar-refractivity contribution in [1.82, 2.24) is 19.9 Å². The molecule has 162 valence electrons. The Labute approximate surface area is 185 Å². The fraction of sp³-hybridized carbons (Fsp3) is 0.261. The van der Waals surface area contributed by atoms with Gasteiger partial charge in [0.05, 0.1) is 23.6 Å². The number of nitrogens with one attached hydrogen (secondary N) is 2. The van der Waals surface area contributed by atoms with Gasteiger partial charge in [0.1, 0.15) is 17.9 Å². The van der Waals surface area contributed by atoms with E-state index in [0.29, 0.717) is 31.0 Å². The van der Waals surface area contributed by atoms with Gasteiger partial charge in [0.15, 0.2) is 0 Å². The van der Waals surface area contributed by atoms with Crippen molar-refractivity contribution in [2.45, 2.75) is 12.8 Å². The molecule has 1 aliphatic heterocycles. The highest BCUT2D eigenvalue weighted by atomic mass is 16.2. The maximum Gasteiger partial charge on any atom is 0.247 e. The molecule has 0 radical (unpaired) electrons. The van der Waals surface area contributed by atoms with Crippen LogP contribution in [0.4, 0.5) is 11.5 Å². The van der Waals surface area contributed by atoms with E-state index in [2.05, 4.69) is 26.8 Å². The summed E-state index contributed by atoms with van der Waals surface area (Å²) in [5.41, 5.74) is 2.94. The van der Waals surface area contributed by atoms with E-state index >= 15 is 0 Å². The van der Waals surface area contributed by atoms with E-state index in [1.165, 1.54) is 6.08 Å². The molecule has 0 aromatic carbocycles. The average molecular weight is 429 g/mol. The van der Waals surface area contributed by atoms with Gasteiger partial charge in [-0.15, -0.1) is 0 Å². The highest BCUT2D eigenvalue weighted by Gasteiger charge is 2.20. The Morgan fingerprint density at radius 1 is 1.28 bits per heavy atom. The predicted octanol–water partition coefficient (Wildman–Crippen LogP) is 2.70. The van der Waals surface area contributed by atoms with Crippen molar-refractivity contribution in [3.8, 4) is 17.3 Å². The second-order valence-corrected chi connectivity index (χ2v) is 7.45. The van der Waals surface area contributed by atoms with Gasteiger partial charge in [-0.25, -0.2) is 9.97 Å². The van der Waals surface area contributed by atoms with Gasteiger partial charge in [-0.2, -0.15) is 5.26 Å². The maximum atomic E-state index is 12.1. The van der Waals surface area contributed by atoms with Crippen molar-refractivity contribution >= 4 is 34.4 Å². The topological polar surface area (TPSA) is 118 Å². The van der Waals surface area contributed by atoms with Crippen LogP contribution < -0.4 is 10.2 Å². The predicted molar refractivity (Wildman–Crippen MR) is 122 cm³/mol. The monoisotopic (exact) mass is 429 g/mol. The SMILES string of the molecule is C=CC(=O)Nc1cnc2[nH]cc(-c3cccc(N4CCCN(C(=O)CC#N)CC4)n3)c2c1. The lowest BCUT2D eigenvalue weighted by atomic mass is 10.1. The van der Waals surface area contributed by atoms with Gasteiger partial charge in [-0.1, -0.05) is 12.6 Å². The number of hydrogen-bond donors (Lipinski definition) is 2. The van der Waals surface area contributed by atoms with Gasteiger partial charge in [-0.3, -0.25) is 9.59 Å². The lowest BCUT2D eigenvalue weighted by Gasteiger charge is -2.23. The Bertz CT molecular complexity index is 1210. The van der Waals surface area contributed by atoms with Crippen LogP contribution in [0.25, 0.3) is 22.3 Å². The quantitative estimate of drug-likeness (QED) is 0.602. The molecule has 3 aromatic rings. The number of carbonyl (C=O) groups is 2. The van der Waals surface area contributed by atoms with Gasteiger partial charge < -0.3 is 20.1 Å². The molecule has 32 heavy (non-hydrogen) atoms. The number of carbonyl (C=O) groups excluding carboxylic acids is 2. The summed E-state index contributed by atoms with van der Waals surface area (Å²) in [4.78, 5) is 40.0. The Balaban J connectivity index is 1.58. The summed E-state index contributed by atoms with van der Waals surface area (Å²) in [6.45, 7) is 6.11. The molecule has 2 N–H and O–H groups in total. The van der Waals surface area contributed by atoms with E-state index in [1.807, 2.05) is 36.5 Å². The molecule has 0 saturated carbocycles. The van der Waals surface area contributed by atoms with Crippen molar-refractivity contribution in [2.24, 2.45) is 0 Å². The van der Waals surface area contributed by atoms with Crippen molar-refractivity contribution in [1.29, 1.82) is 5.26 Å². The second-order valence-electron chi connectivity index (χ2n) is 7.45. The standard InChI is InChI=1S/C23H23N7O2/c1-2-21(31)27-16-13-17-18(15-26-23(17)25-14-16)19-5-3-6-20(28-19)29-9-4-10-30(12-11-29)22(32)7-8-24/h2-3,5-6,13-15H,1,4,7,9-12H2,(H,25,26)(H,27,31). The first-order chi connectivity index (χ1) is 15.6. The van der Waals surface area contributed by atoms with Crippen LogP contribution in [0.2, 0.25) is 0 Å². The number of hydrogen-bond acceptors (Lipinski definition) is 6. The summed E-state index contributed by atoms with van der Waals surface area (Å²) in [6, 6.07) is 9.63. The lowest BCUT2D eigenvalue weighted by molar-refractivity contribution is -0.129. The molecular formula is C23H23N7O2. The fourth-order valence-corrected chi connectivity index (χ4v) is 3.80. The van der Waals surface area contributed by atoms with Crippen molar-refractivity contribution in [2.75, 3.05) is 36.4 Å². The largest absolute Gasteiger partial charge is 0.355 e. The maximum absolute atomic E-state index is 12.1. The van der Waals surface area contributed by atoms with E-state index in [4.69, 9.17) is 10.2 Å². The zero-order chi connectivity index (χ0) is 22.5. The molecule has 0 bridgehead atoms. The highest BCUT2D eigenvalue weighted by molar-refractivity contribution is 6.01. The van der Waals surface area contributed by atoms with Gasteiger partial charge >= 0.3 is 0 Å². The molecule has 0 unspecified atom stereocenters. The van der Waals surface area contributed by atoms with E-state index in [1.54, 1.807) is 11.1 Å². The van der Waals surface area contributed by atoms with Crippen LogP contribution in [0.5, 0.6) is 0 Å². The molecule has 2 amide bonds. The number of pyridine rings is 2. The lowest BCUT2D eigenvalue weighted by Crippen LogP contribution is -2.35. The molecule has 9 nitrogen and oxygen atoms in total. The fourth-order valence-electron chi connectivity index (χ4n) is 3.80. The summed E-state index contributed by atoms with van der Waals surface area (Å²) < 4.78 is 0. The number of aromatic amines is 1. The smallest absolute Gasteiger partial charge is 0.247 e. The number of amides is 2. The van der Waals surface area contributed by atoms with Crippen LogP contribution in [0.15, 0.2) is 49.3 Å².